The average Bonchev–Trinajstić information content (AvgIpc) is 2.11. The number of nitrogens with two attached hydrogens (primary N) is 2. The molecule has 74 valence electrons. The summed E-state index contributed by atoms with van der Waals surface area (Å²) < 4.78 is 0. The Hall–Kier alpha value is -1.21. The highest BCUT2D eigenvalue weighted by Gasteiger charge is 2.13. The third-order valence-electron chi connectivity index (χ3n) is 1.25. The highest BCUT2D eigenvalue weighted by molar-refractivity contribution is 7.83. The van der Waals surface area contributed by atoms with Crippen molar-refractivity contribution >= 4 is 24.6 Å². The first kappa shape index (κ1) is 11.8. The van der Waals surface area contributed by atoms with Crippen LogP contribution in [0.1, 0.15) is 6.42 Å². The molecule has 0 aromatic rings. The lowest BCUT2D eigenvalue weighted by Crippen LogP contribution is -2.43. The smallest absolute Gasteiger partial charge is 0.335 e. The topological polar surface area (TPSA) is 101 Å². The van der Waals surface area contributed by atoms with E-state index in [0.717, 1.165) is 5.01 Å². The number of carbonyl (C=O) groups is 2. The largest absolute Gasteiger partial charge is 0.369 e. The number of hydrogen-bond acceptors (Lipinski definition) is 4. The van der Waals surface area contributed by atoms with Crippen LogP contribution in [0.4, 0.5) is 4.79 Å². The second kappa shape index (κ2) is 5.44. The number of nitrogens with zero attached hydrogens (tertiary/aromatic N) is 1. The van der Waals surface area contributed by atoms with Crippen molar-refractivity contribution in [2.24, 2.45) is 11.6 Å². The maximum Gasteiger partial charge on any atom is 0.335 e. The molecule has 0 radical (unpaired) electrons. The normalized spacial score (nSPS) is 10.8. The van der Waals surface area contributed by atoms with E-state index in [4.69, 9.17) is 11.6 Å². The number of urea groups is 1. The molecule has 6 nitrogen and oxygen atoms in total. The maximum atomic E-state index is 11.0. The van der Waals surface area contributed by atoms with Crippen LogP contribution >= 0.6 is 12.6 Å². The molecule has 0 aliphatic carbocycles. The van der Waals surface area contributed by atoms with E-state index in [1.165, 1.54) is 12.5 Å². The van der Waals surface area contributed by atoms with Gasteiger partial charge in [0.1, 0.15) is 0 Å². The predicted molar refractivity (Wildman–Crippen MR) is 51.4 cm³/mol. The molecule has 0 saturated heterocycles. The maximum absolute atomic E-state index is 11.0. The van der Waals surface area contributed by atoms with Gasteiger partial charge in [-0.2, -0.15) is 0 Å². The fourth-order valence-corrected chi connectivity index (χ4v) is 0.838. The molecule has 0 spiro atoms. The van der Waals surface area contributed by atoms with Gasteiger partial charge in [-0.1, -0.05) is 0 Å². The van der Waals surface area contributed by atoms with Gasteiger partial charge in [0.2, 0.25) is 5.91 Å². The van der Waals surface area contributed by atoms with E-state index in [0.29, 0.717) is 0 Å². The lowest BCUT2D eigenvalue weighted by atomic mass is 10.3. The molecule has 0 aromatic carbocycles. The van der Waals surface area contributed by atoms with Crippen LogP contribution in [0, 0.1) is 0 Å². The van der Waals surface area contributed by atoms with Gasteiger partial charge in [-0.25, -0.2) is 15.6 Å². The van der Waals surface area contributed by atoms with Crippen molar-refractivity contribution in [1.29, 1.82) is 0 Å². The van der Waals surface area contributed by atoms with E-state index in [1.807, 2.05) is 0 Å². The third-order valence-corrected chi connectivity index (χ3v) is 1.54. The lowest BCUT2D eigenvalue weighted by molar-refractivity contribution is -0.117. The Morgan fingerprint density at radius 2 is 2.15 bits per heavy atom. The zero-order valence-corrected chi connectivity index (χ0v) is 8.04. The molecular formula is C6H12N4O2S. The van der Waals surface area contributed by atoms with Crippen LogP contribution in [0.2, 0.25) is 0 Å². The molecule has 0 fully saturated rings. The molecule has 0 heterocycles. The van der Waals surface area contributed by atoms with Crippen LogP contribution < -0.4 is 16.9 Å². The minimum absolute atomic E-state index is 0.132. The molecular weight excluding hydrogens is 192 g/mol. The van der Waals surface area contributed by atoms with Gasteiger partial charge in [-0.05, 0) is 5.41 Å². The van der Waals surface area contributed by atoms with E-state index < -0.39 is 11.9 Å². The number of thiol groups is 1. The Morgan fingerprint density at radius 1 is 1.62 bits per heavy atom. The molecule has 0 unspecified atom stereocenters. The second-order valence-electron chi connectivity index (χ2n) is 2.19. The summed E-state index contributed by atoms with van der Waals surface area (Å²) in [5, 5.41) is 4.31. The lowest BCUT2D eigenvalue weighted by Gasteiger charge is -2.17. The van der Waals surface area contributed by atoms with E-state index in [9.17, 15) is 9.59 Å². The molecule has 0 rings (SSSR count). The molecule has 13 heavy (non-hydrogen) atoms. The van der Waals surface area contributed by atoms with E-state index in [-0.39, 0.29) is 12.1 Å². The fourth-order valence-electron chi connectivity index (χ4n) is 0.622. The highest BCUT2D eigenvalue weighted by atomic mass is 32.1. The molecule has 0 aromatic heterocycles. The van der Waals surface area contributed by atoms with Crippen molar-refractivity contribution < 1.29 is 9.59 Å². The van der Waals surface area contributed by atoms with Crippen molar-refractivity contribution in [1.82, 2.24) is 10.3 Å². The van der Waals surface area contributed by atoms with E-state index in [2.05, 4.69) is 17.9 Å². The highest BCUT2D eigenvalue weighted by Crippen LogP contribution is 2.05. The number of hydrogen-bond donors (Lipinski definition) is 4. The Bertz CT molecular complexity index is 241. The number of carbonyl (C=O) groups excluding carboxylic acids is 2. The number of primary amides is 1. The SMILES string of the molecule is CNC(=O)N(N)/C(=C\S)CC(N)=O. The standard InChI is InChI=1S/C6H12N4O2S/c1-9-6(12)10(8)4(3-13)2-5(7)11/h3,13H,2,8H2,1H3,(H2,7,11)(H,9,12)/b4-3-. The number of rotatable bonds is 3. The van der Waals surface area contributed by atoms with Gasteiger partial charge in [-0.15, -0.1) is 12.6 Å². The molecule has 0 aliphatic heterocycles. The van der Waals surface area contributed by atoms with Gasteiger partial charge < -0.3 is 11.1 Å². The zero-order chi connectivity index (χ0) is 10.4. The first-order valence-electron chi connectivity index (χ1n) is 3.41. The molecule has 3 amide bonds. The molecule has 0 aliphatic rings. The number of amides is 3. The Balaban J connectivity index is 4.42. The third kappa shape index (κ3) is 3.81. The minimum atomic E-state index is -0.584. The van der Waals surface area contributed by atoms with Crippen molar-refractivity contribution in [3.8, 4) is 0 Å². The van der Waals surface area contributed by atoms with E-state index in [1.54, 1.807) is 0 Å². The first-order chi connectivity index (χ1) is 6.02. The van der Waals surface area contributed by atoms with Crippen LogP contribution in [0.15, 0.2) is 11.1 Å². The zero-order valence-electron chi connectivity index (χ0n) is 7.15. The quantitative estimate of drug-likeness (QED) is 0.208. The summed E-state index contributed by atoms with van der Waals surface area (Å²) >= 11 is 3.79. The van der Waals surface area contributed by atoms with Crippen molar-refractivity contribution in [2.45, 2.75) is 6.42 Å². The van der Waals surface area contributed by atoms with Gasteiger partial charge in [0.05, 0.1) is 12.1 Å². The molecule has 7 heteroatoms. The first-order valence-corrected chi connectivity index (χ1v) is 3.92. The Morgan fingerprint density at radius 3 is 2.46 bits per heavy atom. The monoisotopic (exact) mass is 204 g/mol. The van der Waals surface area contributed by atoms with Crippen LogP contribution in [-0.2, 0) is 4.79 Å². The molecule has 0 saturated carbocycles. The minimum Gasteiger partial charge on any atom is -0.369 e. The summed E-state index contributed by atoms with van der Waals surface area (Å²) in [4.78, 5) is 21.5. The second-order valence-corrected chi connectivity index (χ2v) is 2.45. The summed E-state index contributed by atoms with van der Waals surface area (Å²) in [6, 6.07) is -0.540. The average molecular weight is 204 g/mol. The summed E-state index contributed by atoms with van der Waals surface area (Å²) in [6.07, 6.45) is -0.132. The van der Waals surface area contributed by atoms with Gasteiger partial charge in [-0.3, -0.25) is 4.79 Å². The molecule has 0 atom stereocenters. The van der Waals surface area contributed by atoms with Crippen molar-refractivity contribution in [3.63, 3.8) is 0 Å². The van der Waals surface area contributed by atoms with Crippen molar-refractivity contribution in [3.05, 3.63) is 11.1 Å². The summed E-state index contributed by atoms with van der Waals surface area (Å²) in [5.74, 6) is 4.74. The van der Waals surface area contributed by atoms with Crippen LogP contribution in [0.25, 0.3) is 0 Å². The van der Waals surface area contributed by atoms with Crippen LogP contribution in [-0.4, -0.2) is 24.0 Å². The fraction of sp³-hybridized carbons (Fsp3) is 0.333. The summed E-state index contributed by atoms with van der Waals surface area (Å²) in [5.41, 5.74) is 5.15. The van der Waals surface area contributed by atoms with Crippen LogP contribution in [0.5, 0.6) is 0 Å². The van der Waals surface area contributed by atoms with Gasteiger partial charge in [0.15, 0.2) is 0 Å². The van der Waals surface area contributed by atoms with Crippen molar-refractivity contribution in [2.75, 3.05) is 7.05 Å². The molecule has 0 bridgehead atoms. The van der Waals surface area contributed by atoms with E-state index >= 15 is 0 Å². The van der Waals surface area contributed by atoms with Crippen LogP contribution in [0.3, 0.4) is 0 Å². The van der Waals surface area contributed by atoms with Gasteiger partial charge >= 0.3 is 6.03 Å². The van der Waals surface area contributed by atoms with Gasteiger partial charge in [0, 0.05) is 7.05 Å². The summed E-state index contributed by atoms with van der Waals surface area (Å²) in [6.45, 7) is 0. The molecule has 5 N–H and O–H groups in total. The summed E-state index contributed by atoms with van der Waals surface area (Å²) in [7, 11) is 1.42. The Kier molecular flexibility index (Phi) is 4.93. The predicted octanol–water partition coefficient (Wildman–Crippen LogP) is -0.852. The Labute approximate surface area is 81.3 Å². The van der Waals surface area contributed by atoms with Gasteiger partial charge in [0.25, 0.3) is 0 Å². The number of nitrogens with one attached hydrogen (secondary N) is 1. The number of hydrazine groups is 1.